The Hall–Kier alpha value is -3.09. The van der Waals surface area contributed by atoms with Crippen LogP contribution in [0.3, 0.4) is 0 Å². The molecule has 1 aliphatic heterocycles. The van der Waals surface area contributed by atoms with E-state index in [2.05, 4.69) is 30.5 Å². The third-order valence-electron chi connectivity index (χ3n) is 6.30. The summed E-state index contributed by atoms with van der Waals surface area (Å²) >= 11 is 0. The van der Waals surface area contributed by atoms with Crippen molar-refractivity contribution >= 4 is 17.4 Å². The maximum Gasteiger partial charge on any atom is 0.263 e. The van der Waals surface area contributed by atoms with Gasteiger partial charge in [0.2, 0.25) is 0 Å². The van der Waals surface area contributed by atoms with Crippen LogP contribution in [0, 0.1) is 13.8 Å². The van der Waals surface area contributed by atoms with Crippen molar-refractivity contribution in [2.45, 2.75) is 58.9 Å². The van der Waals surface area contributed by atoms with Crippen molar-refractivity contribution in [1.29, 1.82) is 0 Å². The van der Waals surface area contributed by atoms with Crippen molar-refractivity contribution in [2.75, 3.05) is 18.4 Å². The Morgan fingerprint density at radius 2 is 1.84 bits per heavy atom. The van der Waals surface area contributed by atoms with Gasteiger partial charge in [-0.1, -0.05) is 6.07 Å². The molecule has 1 amide bonds. The Kier molecular flexibility index (Phi) is 5.61. The smallest absolute Gasteiger partial charge is 0.263 e. The van der Waals surface area contributed by atoms with Gasteiger partial charge in [0.05, 0.1) is 5.69 Å². The molecule has 7 nitrogen and oxygen atoms in total. The molecule has 1 saturated heterocycles. The van der Waals surface area contributed by atoms with Crippen LogP contribution in [0.25, 0.3) is 5.65 Å². The summed E-state index contributed by atoms with van der Waals surface area (Å²) in [5.41, 5.74) is 3.56. The first-order valence-corrected chi connectivity index (χ1v) is 11.3. The molecule has 0 atom stereocenters. The highest BCUT2D eigenvalue weighted by Gasteiger charge is 2.31. The Bertz CT molecular complexity index is 1220. The molecule has 4 rings (SSSR count). The SMILES string of the molecule is Cc1cc(C)n(C)c(=O)c1C(=O)N1CCC(c2nc3ccccn3c2NC(C)(C)C)CC1. The number of rotatable bonds is 3. The average molecular weight is 436 g/mol. The van der Waals surface area contributed by atoms with Crippen LogP contribution in [-0.2, 0) is 7.05 Å². The van der Waals surface area contributed by atoms with Crippen molar-refractivity contribution < 1.29 is 4.79 Å². The van der Waals surface area contributed by atoms with E-state index in [1.807, 2.05) is 49.2 Å². The number of imidazole rings is 1. The summed E-state index contributed by atoms with van der Waals surface area (Å²) in [6, 6.07) is 7.94. The number of likely N-dealkylation sites (tertiary alicyclic amines) is 1. The lowest BCUT2D eigenvalue weighted by Crippen LogP contribution is -2.42. The number of fused-ring (bicyclic) bond motifs is 1. The first kappa shape index (κ1) is 22.1. The van der Waals surface area contributed by atoms with E-state index >= 15 is 0 Å². The lowest BCUT2D eigenvalue weighted by atomic mass is 9.92. The molecule has 1 fully saturated rings. The molecule has 0 aromatic carbocycles. The normalized spacial score (nSPS) is 15.4. The van der Waals surface area contributed by atoms with E-state index in [-0.39, 0.29) is 22.9 Å². The van der Waals surface area contributed by atoms with Crippen LogP contribution in [0.5, 0.6) is 0 Å². The number of hydrogen-bond acceptors (Lipinski definition) is 4. The van der Waals surface area contributed by atoms with Gasteiger partial charge in [0.1, 0.15) is 17.0 Å². The molecule has 0 spiro atoms. The third kappa shape index (κ3) is 4.04. The molecule has 7 heteroatoms. The number of aromatic nitrogens is 3. The summed E-state index contributed by atoms with van der Waals surface area (Å²) < 4.78 is 3.66. The van der Waals surface area contributed by atoms with Crippen molar-refractivity contribution in [3.8, 4) is 0 Å². The molecule has 0 aliphatic carbocycles. The van der Waals surface area contributed by atoms with Gasteiger partial charge in [0.25, 0.3) is 11.5 Å². The molecule has 4 heterocycles. The number of nitrogens with zero attached hydrogens (tertiary/aromatic N) is 4. The van der Waals surface area contributed by atoms with Gasteiger partial charge < -0.3 is 14.8 Å². The molecule has 170 valence electrons. The highest BCUT2D eigenvalue weighted by atomic mass is 16.2. The van der Waals surface area contributed by atoms with Crippen LogP contribution in [0.1, 0.15) is 66.8 Å². The summed E-state index contributed by atoms with van der Waals surface area (Å²) in [5, 5.41) is 3.63. The first-order valence-electron chi connectivity index (χ1n) is 11.3. The Balaban J connectivity index is 1.58. The predicted octanol–water partition coefficient (Wildman–Crippen LogP) is 3.88. The fraction of sp³-hybridized carbons (Fsp3) is 0.480. The van der Waals surface area contributed by atoms with Crippen LogP contribution < -0.4 is 10.9 Å². The lowest BCUT2D eigenvalue weighted by Gasteiger charge is -2.32. The lowest BCUT2D eigenvalue weighted by molar-refractivity contribution is 0.0709. The van der Waals surface area contributed by atoms with Gasteiger partial charge in [-0.2, -0.15) is 0 Å². The van der Waals surface area contributed by atoms with Crippen molar-refractivity contribution in [2.24, 2.45) is 7.05 Å². The summed E-state index contributed by atoms with van der Waals surface area (Å²) in [7, 11) is 1.72. The fourth-order valence-corrected chi connectivity index (χ4v) is 4.53. The summed E-state index contributed by atoms with van der Waals surface area (Å²) in [6.07, 6.45) is 3.67. The molecule has 3 aromatic heterocycles. The van der Waals surface area contributed by atoms with Gasteiger partial charge >= 0.3 is 0 Å². The summed E-state index contributed by atoms with van der Waals surface area (Å²) in [6.45, 7) is 11.4. The number of carbonyl (C=O) groups excluding carboxylic acids is 1. The monoisotopic (exact) mass is 435 g/mol. The Morgan fingerprint density at radius 3 is 2.50 bits per heavy atom. The van der Waals surface area contributed by atoms with E-state index in [0.717, 1.165) is 41.3 Å². The van der Waals surface area contributed by atoms with Crippen LogP contribution in [0.2, 0.25) is 0 Å². The van der Waals surface area contributed by atoms with E-state index < -0.39 is 0 Å². The van der Waals surface area contributed by atoms with E-state index in [1.165, 1.54) is 0 Å². The fourth-order valence-electron chi connectivity index (χ4n) is 4.53. The zero-order chi connectivity index (χ0) is 23.2. The molecule has 0 radical (unpaired) electrons. The molecule has 3 aromatic rings. The number of carbonyl (C=O) groups is 1. The molecule has 32 heavy (non-hydrogen) atoms. The van der Waals surface area contributed by atoms with Crippen LogP contribution in [-0.4, -0.2) is 43.4 Å². The maximum absolute atomic E-state index is 13.2. The number of aryl methyl sites for hydroxylation is 2. The molecule has 0 unspecified atom stereocenters. The number of piperidine rings is 1. The molecule has 1 N–H and O–H groups in total. The summed E-state index contributed by atoms with van der Waals surface area (Å²) in [5.74, 6) is 1.12. The van der Waals surface area contributed by atoms with Crippen LogP contribution in [0.15, 0.2) is 35.3 Å². The van der Waals surface area contributed by atoms with Gasteiger partial charge in [-0.25, -0.2) is 4.98 Å². The van der Waals surface area contributed by atoms with E-state index in [0.29, 0.717) is 18.7 Å². The average Bonchev–Trinajstić information content (AvgIpc) is 3.09. The topological polar surface area (TPSA) is 71.6 Å². The van der Waals surface area contributed by atoms with Crippen molar-refractivity contribution in [3.05, 3.63) is 63.3 Å². The molecular weight excluding hydrogens is 402 g/mol. The van der Waals surface area contributed by atoms with E-state index in [1.54, 1.807) is 11.6 Å². The predicted molar refractivity (Wildman–Crippen MR) is 128 cm³/mol. The van der Waals surface area contributed by atoms with Gasteiger partial charge in [-0.15, -0.1) is 0 Å². The first-order chi connectivity index (χ1) is 15.1. The van der Waals surface area contributed by atoms with Crippen molar-refractivity contribution in [1.82, 2.24) is 18.9 Å². The quantitative estimate of drug-likeness (QED) is 0.678. The molecule has 1 aliphatic rings. The maximum atomic E-state index is 13.2. The number of amides is 1. The second kappa shape index (κ2) is 8.11. The van der Waals surface area contributed by atoms with Crippen molar-refractivity contribution in [3.63, 3.8) is 0 Å². The van der Waals surface area contributed by atoms with Gasteiger partial charge in [0, 0.05) is 43.5 Å². The molecule has 0 bridgehead atoms. The third-order valence-corrected chi connectivity index (χ3v) is 6.30. The van der Waals surface area contributed by atoms with Gasteiger partial charge in [0.15, 0.2) is 0 Å². The number of hydrogen-bond donors (Lipinski definition) is 1. The largest absolute Gasteiger partial charge is 0.365 e. The number of anilines is 1. The van der Waals surface area contributed by atoms with Gasteiger partial charge in [-0.05, 0) is 71.2 Å². The number of pyridine rings is 2. The highest BCUT2D eigenvalue weighted by molar-refractivity contribution is 5.95. The van der Waals surface area contributed by atoms with E-state index in [9.17, 15) is 9.59 Å². The molecular formula is C25H33N5O2. The second-order valence-corrected chi connectivity index (χ2v) is 9.92. The zero-order valence-electron chi connectivity index (χ0n) is 19.9. The van der Waals surface area contributed by atoms with E-state index in [4.69, 9.17) is 4.98 Å². The summed E-state index contributed by atoms with van der Waals surface area (Å²) in [4.78, 5) is 32.7. The second-order valence-electron chi connectivity index (χ2n) is 9.92. The van der Waals surface area contributed by atoms with Crippen LogP contribution >= 0.6 is 0 Å². The minimum absolute atomic E-state index is 0.0970. The minimum atomic E-state index is -0.216. The Labute approximate surface area is 189 Å². The standard InChI is InChI=1S/C25H33N5O2/c1-16-15-17(2)28(6)23(31)20(16)24(32)29-13-10-18(11-14-29)21-22(27-25(3,4)5)30-12-8-7-9-19(30)26-21/h7-9,12,15,18,27H,10-11,13-14H2,1-6H3. The zero-order valence-corrected chi connectivity index (χ0v) is 19.9. The Morgan fingerprint density at radius 1 is 1.16 bits per heavy atom. The van der Waals surface area contributed by atoms with Gasteiger partial charge in [-0.3, -0.25) is 14.0 Å². The molecule has 0 saturated carbocycles. The minimum Gasteiger partial charge on any atom is -0.365 e. The number of nitrogens with one attached hydrogen (secondary N) is 1. The van der Waals surface area contributed by atoms with Crippen LogP contribution in [0.4, 0.5) is 5.82 Å². The highest BCUT2D eigenvalue weighted by Crippen LogP contribution is 2.34.